The number of methoxy groups -OCH3 is 1. The van der Waals surface area contributed by atoms with E-state index in [1.54, 1.807) is 11.6 Å². The van der Waals surface area contributed by atoms with Gasteiger partial charge in [-0.1, -0.05) is 11.6 Å². The van der Waals surface area contributed by atoms with Crippen LogP contribution >= 0.6 is 11.6 Å². The molecule has 2 amide bonds. The number of ether oxygens (including phenoxy) is 1. The lowest BCUT2D eigenvalue weighted by molar-refractivity contribution is -0.120. The van der Waals surface area contributed by atoms with Crippen LogP contribution in [0.5, 0.6) is 0 Å². The topological polar surface area (TPSA) is 97.6 Å². The third-order valence-corrected chi connectivity index (χ3v) is 6.17. The molecule has 1 aliphatic carbocycles. The maximum Gasteiger partial charge on any atom is 0.256 e. The molecular formula is C23H25ClFN5O3. The van der Waals surface area contributed by atoms with E-state index in [1.807, 2.05) is 13.0 Å². The van der Waals surface area contributed by atoms with E-state index in [0.29, 0.717) is 49.2 Å². The molecular weight excluding hydrogens is 449 g/mol. The largest absolute Gasteiger partial charge is 0.378 e. The highest BCUT2D eigenvalue weighted by Gasteiger charge is 2.28. The maximum absolute atomic E-state index is 13.2. The predicted molar refractivity (Wildman–Crippen MR) is 122 cm³/mol. The lowest BCUT2D eigenvalue weighted by Gasteiger charge is -2.28. The van der Waals surface area contributed by atoms with Gasteiger partial charge in [0.05, 0.1) is 29.2 Å². The Hall–Kier alpha value is -3.04. The fourth-order valence-electron chi connectivity index (χ4n) is 4.15. The second kappa shape index (κ2) is 9.84. The smallest absolute Gasteiger partial charge is 0.256 e. The minimum atomic E-state index is -0.458. The van der Waals surface area contributed by atoms with Crippen LogP contribution in [-0.4, -0.2) is 39.6 Å². The molecule has 0 unspecified atom stereocenters. The van der Waals surface area contributed by atoms with Gasteiger partial charge >= 0.3 is 0 Å². The van der Waals surface area contributed by atoms with Crippen molar-refractivity contribution in [2.24, 2.45) is 5.92 Å². The molecule has 10 heteroatoms. The minimum absolute atomic E-state index is 0.0471. The Balaban J connectivity index is 1.36. The van der Waals surface area contributed by atoms with Gasteiger partial charge in [0.2, 0.25) is 5.91 Å². The number of carbonyl (C=O) groups excluding carboxylic acids is 2. The molecule has 174 valence electrons. The number of hydrogen-bond acceptors (Lipinski definition) is 5. The van der Waals surface area contributed by atoms with Crippen molar-refractivity contribution < 1.29 is 18.7 Å². The van der Waals surface area contributed by atoms with E-state index in [2.05, 4.69) is 20.7 Å². The Morgan fingerprint density at radius 2 is 2.00 bits per heavy atom. The lowest BCUT2D eigenvalue weighted by Crippen LogP contribution is -2.39. The van der Waals surface area contributed by atoms with Crippen molar-refractivity contribution in [3.05, 3.63) is 58.3 Å². The summed E-state index contributed by atoms with van der Waals surface area (Å²) in [6, 6.07) is 5.69. The number of aromatic nitrogens is 3. The molecule has 0 radical (unpaired) electrons. The fourth-order valence-corrected chi connectivity index (χ4v) is 4.36. The van der Waals surface area contributed by atoms with Gasteiger partial charge < -0.3 is 15.4 Å². The number of anilines is 1. The molecule has 0 spiro atoms. The van der Waals surface area contributed by atoms with Crippen LogP contribution in [-0.2, 0) is 16.1 Å². The van der Waals surface area contributed by atoms with Crippen molar-refractivity contribution in [1.29, 1.82) is 0 Å². The van der Waals surface area contributed by atoms with Gasteiger partial charge in [0.25, 0.3) is 5.91 Å². The van der Waals surface area contributed by atoms with Crippen LogP contribution in [0.25, 0.3) is 5.65 Å². The number of rotatable bonds is 6. The number of amides is 2. The summed E-state index contributed by atoms with van der Waals surface area (Å²) >= 11 is 6.00. The third-order valence-electron chi connectivity index (χ3n) is 5.86. The molecule has 2 heterocycles. The maximum atomic E-state index is 13.2. The summed E-state index contributed by atoms with van der Waals surface area (Å²) in [5.41, 5.74) is 2.87. The van der Waals surface area contributed by atoms with Gasteiger partial charge in [-0.15, -0.1) is 0 Å². The molecule has 0 bridgehead atoms. The van der Waals surface area contributed by atoms with E-state index >= 15 is 0 Å². The van der Waals surface area contributed by atoms with Crippen LogP contribution in [0, 0.1) is 18.7 Å². The Morgan fingerprint density at radius 3 is 2.70 bits per heavy atom. The van der Waals surface area contributed by atoms with Crippen LogP contribution in [0.3, 0.4) is 0 Å². The SMILES string of the molecule is COCc1cc(C)n2ncc(C(=O)NC3CCC(C(=O)Nc4ccc(F)cc4Cl)CC3)c2n1. The Morgan fingerprint density at radius 1 is 1.24 bits per heavy atom. The first-order valence-corrected chi connectivity index (χ1v) is 11.1. The summed E-state index contributed by atoms with van der Waals surface area (Å²) in [5, 5.41) is 10.3. The van der Waals surface area contributed by atoms with Crippen molar-refractivity contribution in [3.63, 3.8) is 0 Å². The second-order valence-electron chi connectivity index (χ2n) is 8.25. The van der Waals surface area contributed by atoms with E-state index in [9.17, 15) is 14.0 Å². The molecule has 2 N–H and O–H groups in total. The van der Waals surface area contributed by atoms with E-state index < -0.39 is 5.82 Å². The molecule has 0 aliphatic heterocycles. The molecule has 33 heavy (non-hydrogen) atoms. The number of aryl methyl sites for hydroxylation is 1. The highest BCUT2D eigenvalue weighted by atomic mass is 35.5. The van der Waals surface area contributed by atoms with Gasteiger partial charge in [-0.25, -0.2) is 13.9 Å². The van der Waals surface area contributed by atoms with Crippen LogP contribution in [0.1, 0.15) is 47.4 Å². The molecule has 3 aromatic rings. The summed E-state index contributed by atoms with van der Waals surface area (Å²) in [7, 11) is 1.59. The lowest BCUT2D eigenvalue weighted by atomic mass is 9.85. The third kappa shape index (κ3) is 5.15. The molecule has 2 aromatic heterocycles. The van der Waals surface area contributed by atoms with Crippen LogP contribution in [0.15, 0.2) is 30.5 Å². The predicted octanol–water partition coefficient (Wildman–Crippen LogP) is 3.90. The van der Waals surface area contributed by atoms with Crippen LogP contribution < -0.4 is 10.6 Å². The summed E-state index contributed by atoms with van der Waals surface area (Å²) in [6.07, 6.45) is 4.11. The van der Waals surface area contributed by atoms with E-state index in [4.69, 9.17) is 16.3 Å². The summed E-state index contributed by atoms with van der Waals surface area (Å²) in [6.45, 7) is 2.24. The van der Waals surface area contributed by atoms with Gasteiger partial charge in [0.1, 0.15) is 11.4 Å². The molecule has 1 aliphatic rings. The molecule has 1 fully saturated rings. The monoisotopic (exact) mass is 473 g/mol. The zero-order valence-electron chi connectivity index (χ0n) is 18.4. The van der Waals surface area contributed by atoms with Crippen molar-refractivity contribution in [1.82, 2.24) is 19.9 Å². The normalized spacial score (nSPS) is 18.3. The first kappa shape index (κ1) is 23.1. The highest BCUT2D eigenvalue weighted by molar-refractivity contribution is 6.33. The molecule has 0 saturated heterocycles. The average molecular weight is 474 g/mol. The zero-order chi connectivity index (χ0) is 23.5. The first-order chi connectivity index (χ1) is 15.9. The number of nitrogens with one attached hydrogen (secondary N) is 2. The highest BCUT2D eigenvalue weighted by Crippen LogP contribution is 2.28. The summed E-state index contributed by atoms with van der Waals surface area (Å²) < 4.78 is 20.0. The van der Waals surface area contributed by atoms with Gasteiger partial charge in [-0.2, -0.15) is 5.10 Å². The van der Waals surface area contributed by atoms with Gasteiger partial charge in [0, 0.05) is 24.8 Å². The zero-order valence-corrected chi connectivity index (χ0v) is 19.2. The molecule has 4 rings (SSSR count). The van der Waals surface area contributed by atoms with Gasteiger partial charge in [-0.3, -0.25) is 9.59 Å². The van der Waals surface area contributed by atoms with Gasteiger partial charge in [0.15, 0.2) is 5.65 Å². The Bertz CT molecular complexity index is 1190. The van der Waals surface area contributed by atoms with Crippen LogP contribution in [0.4, 0.5) is 10.1 Å². The van der Waals surface area contributed by atoms with Crippen molar-refractivity contribution >= 4 is 34.7 Å². The summed E-state index contributed by atoms with van der Waals surface area (Å²) in [5.74, 6) is -1.04. The minimum Gasteiger partial charge on any atom is -0.378 e. The Labute approximate surface area is 195 Å². The second-order valence-corrected chi connectivity index (χ2v) is 8.66. The Kier molecular flexibility index (Phi) is 6.90. The molecule has 1 aromatic carbocycles. The standard InChI is InChI=1S/C23H25ClFN5O3/c1-13-9-17(12-33-2)27-21-18(11-26-30(13)21)23(32)28-16-6-3-14(4-7-16)22(31)29-20-8-5-15(25)10-19(20)24/h5,8-11,14,16H,3-4,6-7,12H2,1-2H3,(H,28,32)(H,29,31). The first-order valence-electron chi connectivity index (χ1n) is 10.8. The van der Waals surface area contributed by atoms with Crippen molar-refractivity contribution in [3.8, 4) is 0 Å². The number of hydrogen-bond donors (Lipinski definition) is 2. The number of nitrogens with zero attached hydrogens (tertiary/aromatic N) is 3. The molecule has 1 saturated carbocycles. The van der Waals surface area contributed by atoms with Gasteiger partial charge in [-0.05, 0) is 56.9 Å². The van der Waals surface area contributed by atoms with Crippen molar-refractivity contribution in [2.45, 2.75) is 45.3 Å². The number of fused-ring (bicyclic) bond motifs is 1. The number of halogens is 2. The fraction of sp³-hybridized carbons (Fsp3) is 0.391. The van der Waals surface area contributed by atoms with E-state index in [0.717, 1.165) is 11.4 Å². The summed E-state index contributed by atoms with van der Waals surface area (Å²) in [4.78, 5) is 30.0. The van der Waals surface area contributed by atoms with E-state index in [-0.39, 0.29) is 28.8 Å². The molecule has 8 nitrogen and oxygen atoms in total. The molecule has 0 atom stereocenters. The van der Waals surface area contributed by atoms with Crippen LogP contribution in [0.2, 0.25) is 5.02 Å². The van der Waals surface area contributed by atoms with E-state index in [1.165, 1.54) is 24.4 Å². The quantitative estimate of drug-likeness (QED) is 0.565. The number of benzene rings is 1. The number of carbonyl (C=O) groups is 2. The van der Waals surface area contributed by atoms with Crippen molar-refractivity contribution in [2.75, 3.05) is 12.4 Å². The average Bonchev–Trinajstić information content (AvgIpc) is 3.21.